The smallest absolute Gasteiger partial charge is 0.481 e. The van der Waals surface area contributed by atoms with Crippen molar-refractivity contribution < 1.29 is 27.8 Å². The second-order valence-electron chi connectivity index (χ2n) is 8.44. The highest BCUT2D eigenvalue weighted by Gasteiger charge is 2.31. The Morgan fingerprint density at radius 2 is 1.62 bits per heavy atom. The van der Waals surface area contributed by atoms with E-state index in [1.165, 1.54) is 29.8 Å². The summed E-state index contributed by atoms with van der Waals surface area (Å²) in [6.07, 6.45) is -0.585. The summed E-state index contributed by atoms with van der Waals surface area (Å²) in [6.45, 7) is 0. The predicted molar refractivity (Wildman–Crippen MR) is 121 cm³/mol. The maximum atomic E-state index is 12.3. The Bertz CT molecular complexity index is 1090. The van der Waals surface area contributed by atoms with Gasteiger partial charge in [0.25, 0.3) is 0 Å². The fraction of sp³-hybridized carbons (Fsp3) is 0.320. The fourth-order valence-corrected chi connectivity index (χ4v) is 4.31. The molecule has 34 heavy (non-hydrogen) atoms. The monoisotopic (exact) mass is 471 g/mol. The molecule has 6 nitrogen and oxygen atoms in total. The van der Waals surface area contributed by atoms with Crippen molar-refractivity contribution in [3.63, 3.8) is 0 Å². The summed E-state index contributed by atoms with van der Waals surface area (Å²) in [4.78, 5) is 10.9. The molecule has 0 unspecified atom stereocenters. The van der Waals surface area contributed by atoms with Crippen LogP contribution in [0.15, 0.2) is 60.7 Å². The van der Waals surface area contributed by atoms with Crippen molar-refractivity contribution in [3.8, 4) is 17.0 Å². The van der Waals surface area contributed by atoms with Crippen molar-refractivity contribution >= 4 is 17.5 Å². The van der Waals surface area contributed by atoms with Crippen LogP contribution in [-0.2, 0) is 4.79 Å². The lowest BCUT2D eigenvalue weighted by atomic mass is 9.77. The highest BCUT2D eigenvalue weighted by atomic mass is 19.4. The molecule has 1 fully saturated rings. The van der Waals surface area contributed by atoms with Gasteiger partial charge in [-0.15, -0.1) is 23.4 Å². The molecule has 0 saturated heterocycles. The molecule has 178 valence electrons. The largest absolute Gasteiger partial charge is 0.573 e. The predicted octanol–water partition coefficient (Wildman–Crippen LogP) is 6.53. The van der Waals surface area contributed by atoms with Crippen LogP contribution >= 0.6 is 0 Å². The summed E-state index contributed by atoms with van der Waals surface area (Å²) in [7, 11) is 0. The highest BCUT2D eigenvalue weighted by molar-refractivity contribution is 5.67. The Morgan fingerprint density at radius 1 is 0.941 bits per heavy atom. The molecule has 0 aliphatic heterocycles. The lowest BCUT2D eigenvalue weighted by molar-refractivity contribution is -0.274. The Labute approximate surface area is 194 Å². The topological polar surface area (TPSA) is 84.3 Å². The molecule has 2 N–H and O–H groups in total. The van der Waals surface area contributed by atoms with Gasteiger partial charge in [-0.05, 0) is 79.5 Å². The molecule has 1 aliphatic carbocycles. The molecule has 0 atom stereocenters. The van der Waals surface area contributed by atoms with Crippen LogP contribution in [0.3, 0.4) is 0 Å². The molecular weight excluding hydrogens is 447 g/mol. The van der Waals surface area contributed by atoms with Gasteiger partial charge in [0.05, 0.1) is 5.69 Å². The van der Waals surface area contributed by atoms with Gasteiger partial charge in [0.1, 0.15) is 5.75 Å². The molecule has 1 heterocycles. The van der Waals surface area contributed by atoms with Crippen LogP contribution in [0.1, 0.15) is 43.6 Å². The number of carbonyl (C=O) groups is 1. The highest BCUT2D eigenvalue weighted by Crippen LogP contribution is 2.37. The first-order valence-corrected chi connectivity index (χ1v) is 11.0. The minimum absolute atomic E-state index is 0.257. The number of carboxylic acids is 1. The van der Waals surface area contributed by atoms with E-state index in [9.17, 15) is 18.0 Å². The molecule has 2 aromatic carbocycles. The zero-order valence-electron chi connectivity index (χ0n) is 18.3. The number of nitrogens with one attached hydrogen (secondary N) is 1. The zero-order valence-corrected chi connectivity index (χ0v) is 18.3. The lowest BCUT2D eigenvalue weighted by Gasteiger charge is -2.28. The Hall–Kier alpha value is -3.62. The average molecular weight is 471 g/mol. The molecule has 0 spiro atoms. The molecule has 1 aromatic heterocycles. The summed E-state index contributed by atoms with van der Waals surface area (Å²) in [5.41, 5.74) is 3.44. The number of nitrogens with zero attached hydrogens (tertiary/aromatic N) is 2. The van der Waals surface area contributed by atoms with Gasteiger partial charge in [0.2, 0.25) is 0 Å². The van der Waals surface area contributed by atoms with Crippen LogP contribution < -0.4 is 10.1 Å². The summed E-state index contributed by atoms with van der Waals surface area (Å²) in [6, 6.07) is 17.1. The number of alkyl halides is 3. The van der Waals surface area contributed by atoms with E-state index in [4.69, 9.17) is 5.11 Å². The Balaban J connectivity index is 1.33. The molecule has 3 aromatic rings. The first-order valence-electron chi connectivity index (χ1n) is 11.0. The van der Waals surface area contributed by atoms with Crippen molar-refractivity contribution in [3.05, 3.63) is 66.2 Å². The number of anilines is 2. The number of hydrogen-bond acceptors (Lipinski definition) is 5. The van der Waals surface area contributed by atoms with E-state index in [0.29, 0.717) is 23.1 Å². The molecule has 0 amide bonds. The van der Waals surface area contributed by atoms with Crippen LogP contribution in [0.5, 0.6) is 5.75 Å². The summed E-state index contributed by atoms with van der Waals surface area (Å²) >= 11 is 0. The zero-order chi connectivity index (χ0) is 24.1. The fourth-order valence-electron chi connectivity index (χ4n) is 4.31. The third-order valence-corrected chi connectivity index (χ3v) is 6.01. The molecule has 0 radical (unpaired) electrons. The number of carboxylic acid groups (broad SMARTS) is 1. The molecule has 1 aliphatic rings. The van der Waals surface area contributed by atoms with Crippen LogP contribution in [0.2, 0.25) is 0 Å². The van der Waals surface area contributed by atoms with Crippen molar-refractivity contribution in [2.75, 3.05) is 5.32 Å². The van der Waals surface area contributed by atoms with Crippen molar-refractivity contribution in [2.45, 2.75) is 44.4 Å². The minimum Gasteiger partial charge on any atom is -0.481 e. The maximum Gasteiger partial charge on any atom is 0.573 e. The molecule has 4 rings (SSSR count). The first-order chi connectivity index (χ1) is 16.2. The van der Waals surface area contributed by atoms with E-state index in [-0.39, 0.29) is 18.1 Å². The molecule has 9 heteroatoms. The number of hydrogen-bond donors (Lipinski definition) is 2. The van der Waals surface area contributed by atoms with Crippen LogP contribution in [0.4, 0.5) is 24.7 Å². The average Bonchev–Trinajstić information content (AvgIpc) is 2.80. The number of aliphatic carboxylic acids is 1. The molecule has 0 bridgehead atoms. The second-order valence-corrected chi connectivity index (χ2v) is 8.44. The van der Waals surface area contributed by atoms with Gasteiger partial charge < -0.3 is 15.2 Å². The lowest BCUT2D eigenvalue weighted by Crippen LogP contribution is -2.16. The Morgan fingerprint density at radius 3 is 2.18 bits per heavy atom. The SMILES string of the molecule is O=C(O)CC1CCC(c2ccc(-c3ccc(Nc4ccc(OC(F)(F)F)cc4)nn3)cc2)CC1. The maximum absolute atomic E-state index is 12.3. The van der Waals surface area contributed by atoms with E-state index < -0.39 is 12.3 Å². The summed E-state index contributed by atoms with van der Waals surface area (Å²) in [5.74, 6) is 0.175. The van der Waals surface area contributed by atoms with Gasteiger partial charge in [0, 0.05) is 17.7 Å². The summed E-state index contributed by atoms with van der Waals surface area (Å²) in [5, 5.41) is 20.4. The third kappa shape index (κ3) is 6.46. The standard InChI is InChI=1S/C25H24F3N3O3/c26-25(27,28)34-21-11-9-20(10-12-21)29-23-14-13-22(30-31-23)19-7-5-18(6-8-19)17-3-1-16(2-4-17)15-24(32)33/h5-14,16-17H,1-4,15H2,(H,29,31)(H,32,33). The van der Waals surface area contributed by atoms with E-state index in [1.54, 1.807) is 6.07 Å². The van der Waals surface area contributed by atoms with Gasteiger partial charge in [0.15, 0.2) is 5.82 Å². The van der Waals surface area contributed by atoms with Gasteiger partial charge in [-0.3, -0.25) is 4.79 Å². The molecule has 1 saturated carbocycles. The van der Waals surface area contributed by atoms with Gasteiger partial charge >= 0.3 is 12.3 Å². The van der Waals surface area contributed by atoms with Gasteiger partial charge in [-0.1, -0.05) is 24.3 Å². The van der Waals surface area contributed by atoms with Crippen LogP contribution in [0.25, 0.3) is 11.3 Å². The second kappa shape index (κ2) is 10.1. The van der Waals surface area contributed by atoms with Crippen molar-refractivity contribution in [1.82, 2.24) is 10.2 Å². The number of halogens is 3. The summed E-state index contributed by atoms with van der Waals surface area (Å²) < 4.78 is 40.6. The Kier molecular flexibility index (Phi) is 7.00. The van der Waals surface area contributed by atoms with E-state index in [2.05, 4.69) is 32.4 Å². The number of ether oxygens (including phenoxy) is 1. The molecular formula is C25H24F3N3O3. The number of rotatable bonds is 7. The number of aromatic nitrogens is 2. The van der Waals surface area contributed by atoms with E-state index in [1.807, 2.05) is 18.2 Å². The normalized spacial score (nSPS) is 18.3. The van der Waals surface area contributed by atoms with Gasteiger partial charge in [-0.2, -0.15) is 0 Å². The van der Waals surface area contributed by atoms with Gasteiger partial charge in [-0.25, -0.2) is 0 Å². The number of benzene rings is 2. The van der Waals surface area contributed by atoms with Crippen LogP contribution in [0, 0.1) is 5.92 Å². The van der Waals surface area contributed by atoms with E-state index >= 15 is 0 Å². The van der Waals surface area contributed by atoms with Crippen LogP contribution in [-0.4, -0.2) is 27.6 Å². The van der Waals surface area contributed by atoms with Crippen molar-refractivity contribution in [2.24, 2.45) is 5.92 Å². The quantitative estimate of drug-likeness (QED) is 0.407. The first kappa shape index (κ1) is 23.5. The van der Waals surface area contributed by atoms with Crippen molar-refractivity contribution in [1.29, 1.82) is 0 Å². The minimum atomic E-state index is -4.73. The third-order valence-electron chi connectivity index (χ3n) is 6.01. The van der Waals surface area contributed by atoms with E-state index in [0.717, 1.165) is 31.2 Å².